The normalized spacial score (nSPS) is 23.0. The van der Waals surface area contributed by atoms with Crippen LogP contribution in [0.2, 0.25) is 0 Å². The van der Waals surface area contributed by atoms with Crippen LogP contribution in [0.4, 0.5) is 20.3 Å². The van der Waals surface area contributed by atoms with E-state index in [4.69, 9.17) is 14.5 Å². The van der Waals surface area contributed by atoms with Crippen molar-refractivity contribution >= 4 is 45.9 Å². The average Bonchev–Trinajstić information content (AvgIpc) is 4.08. The maximum absolute atomic E-state index is 14.2. The fourth-order valence-corrected chi connectivity index (χ4v) is 8.91. The van der Waals surface area contributed by atoms with Gasteiger partial charge in [-0.15, -0.1) is 0 Å². The second-order valence-corrected chi connectivity index (χ2v) is 15.8. The Morgan fingerprint density at radius 1 is 1.12 bits per heavy atom. The van der Waals surface area contributed by atoms with Crippen LogP contribution >= 0.6 is 0 Å². The summed E-state index contributed by atoms with van der Waals surface area (Å²) in [4.78, 5) is 57.8. The number of carbonyl (C=O) groups excluding carboxylic acids is 3. The molecule has 59 heavy (non-hydrogen) atoms. The van der Waals surface area contributed by atoms with Crippen molar-refractivity contribution in [1.29, 1.82) is 0 Å². The smallest absolute Gasteiger partial charge is 0.329 e. The zero-order valence-electron chi connectivity index (χ0n) is 32.5. The molecule has 308 valence electrons. The molecule has 1 aliphatic carbocycles. The van der Waals surface area contributed by atoms with Gasteiger partial charge in [-0.2, -0.15) is 10.2 Å². The van der Waals surface area contributed by atoms with Crippen LogP contribution in [0.1, 0.15) is 97.9 Å². The van der Waals surface area contributed by atoms with Crippen molar-refractivity contribution in [3.05, 3.63) is 70.2 Å². The number of carbonyl (C=O) groups is 3. The number of aryl methyl sites for hydroxylation is 1. The van der Waals surface area contributed by atoms with E-state index in [1.807, 2.05) is 12.1 Å². The third-order valence-corrected chi connectivity index (χ3v) is 12.0. The van der Waals surface area contributed by atoms with Crippen LogP contribution in [0.15, 0.2) is 47.7 Å². The van der Waals surface area contributed by atoms with Crippen molar-refractivity contribution in [1.82, 2.24) is 38.8 Å². The number of rotatable bonds is 11. The van der Waals surface area contributed by atoms with E-state index in [1.165, 1.54) is 26.0 Å². The first kappa shape index (κ1) is 38.6. The molecule has 2 N–H and O–H groups in total. The number of piperidine rings is 1. The molecular formula is C41H44F2N10O6. The number of imidazole rings is 1. The molecule has 16 nitrogen and oxygen atoms in total. The highest BCUT2D eigenvalue weighted by Crippen LogP contribution is 2.36. The monoisotopic (exact) mass is 810 g/mol. The molecule has 4 aliphatic rings. The summed E-state index contributed by atoms with van der Waals surface area (Å²) < 4.78 is 46.1. The largest absolute Gasteiger partial charge is 0.381 e. The van der Waals surface area contributed by atoms with Gasteiger partial charge in [0.2, 0.25) is 11.8 Å². The highest BCUT2D eigenvalue weighted by Gasteiger charge is 2.40. The van der Waals surface area contributed by atoms with Gasteiger partial charge in [-0.25, -0.2) is 23.1 Å². The maximum atomic E-state index is 14.2. The van der Waals surface area contributed by atoms with Gasteiger partial charge in [0, 0.05) is 52.0 Å². The van der Waals surface area contributed by atoms with Crippen LogP contribution in [0.25, 0.3) is 16.7 Å². The van der Waals surface area contributed by atoms with Crippen molar-refractivity contribution in [2.45, 2.75) is 88.4 Å². The number of hydrogen-bond acceptors (Lipinski definition) is 10. The van der Waals surface area contributed by atoms with E-state index >= 15 is 0 Å². The molecule has 3 atom stereocenters. The third-order valence-electron chi connectivity index (χ3n) is 12.0. The van der Waals surface area contributed by atoms with Crippen molar-refractivity contribution in [2.24, 2.45) is 13.0 Å². The SMILES string of the molecule is Cn1c(=O)n(C2CCC(=O)NC2=O)c2cccc(C#CCCCOCC3CCC(n4cc(NC(=O)c5cnn6ccc(N7C[C@H]8C[C@@H]7CO8)nc56)c(C(F)F)n4)CC3)c21. The van der Waals surface area contributed by atoms with E-state index in [2.05, 4.69) is 37.6 Å². The first-order valence-electron chi connectivity index (χ1n) is 20.1. The average molecular weight is 811 g/mol. The summed E-state index contributed by atoms with van der Waals surface area (Å²) >= 11 is 0. The molecule has 4 fully saturated rings. The Morgan fingerprint density at radius 3 is 2.73 bits per heavy atom. The Bertz CT molecular complexity index is 2560. The highest BCUT2D eigenvalue weighted by atomic mass is 19.3. The molecule has 1 unspecified atom stereocenters. The van der Waals surface area contributed by atoms with Crippen LogP contribution in [-0.2, 0) is 26.1 Å². The maximum Gasteiger partial charge on any atom is 0.329 e. The number of anilines is 2. The second-order valence-electron chi connectivity index (χ2n) is 15.8. The van der Waals surface area contributed by atoms with Gasteiger partial charge in [0.05, 0.1) is 53.3 Å². The summed E-state index contributed by atoms with van der Waals surface area (Å²) in [6, 6.07) is 6.67. The van der Waals surface area contributed by atoms with Crippen LogP contribution in [-0.4, -0.2) is 89.7 Å². The molecule has 3 aliphatic heterocycles. The van der Waals surface area contributed by atoms with Crippen LogP contribution < -0.4 is 21.2 Å². The number of halogens is 2. The van der Waals surface area contributed by atoms with Crippen molar-refractivity contribution in [2.75, 3.05) is 36.6 Å². The van der Waals surface area contributed by atoms with Gasteiger partial charge in [-0.1, -0.05) is 17.9 Å². The molecule has 3 amide bonds. The van der Waals surface area contributed by atoms with Gasteiger partial charge in [0.15, 0.2) is 11.3 Å². The predicted octanol–water partition coefficient (Wildman–Crippen LogP) is 4.30. The lowest BCUT2D eigenvalue weighted by Gasteiger charge is -2.28. The van der Waals surface area contributed by atoms with E-state index in [9.17, 15) is 28.0 Å². The van der Waals surface area contributed by atoms with Crippen LogP contribution in [0, 0.1) is 17.8 Å². The van der Waals surface area contributed by atoms with Gasteiger partial charge >= 0.3 is 5.69 Å². The van der Waals surface area contributed by atoms with Crippen molar-refractivity contribution in [3.8, 4) is 11.8 Å². The number of alkyl halides is 2. The summed E-state index contributed by atoms with van der Waals surface area (Å²) in [5.41, 5.74) is 1.58. The number of amides is 3. The number of para-hydroxylation sites is 1. The molecule has 0 spiro atoms. The first-order chi connectivity index (χ1) is 28.6. The Morgan fingerprint density at radius 2 is 1.97 bits per heavy atom. The number of nitrogens with zero attached hydrogens (tertiary/aromatic N) is 8. The molecule has 7 heterocycles. The minimum absolute atomic E-state index is 0.0329. The van der Waals surface area contributed by atoms with E-state index in [-0.39, 0.29) is 53.9 Å². The number of morpholine rings is 1. The van der Waals surface area contributed by atoms with Gasteiger partial charge in [0.25, 0.3) is 12.3 Å². The fourth-order valence-electron chi connectivity index (χ4n) is 8.91. The van der Waals surface area contributed by atoms with E-state index < -0.39 is 30.0 Å². The molecule has 3 saturated heterocycles. The lowest BCUT2D eigenvalue weighted by atomic mass is 9.86. The number of benzene rings is 1. The number of fused-ring (bicyclic) bond motifs is 4. The van der Waals surface area contributed by atoms with E-state index in [0.717, 1.165) is 44.5 Å². The second kappa shape index (κ2) is 16.0. The summed E-state index contributed by atoms with van der Waals surface area (Å²) in [7, 11) is 1.65. The summed E-state index contributed by atoms with van der Waals surface area (Å²) in [5, 5.41) is 13.5. The Hall–Kier alpha value is -5.93. The van der Waals surface area contributed by atoms with Gasteiger partial charge < -0.3 is 19.7 Å². The lowest BCUT2D eigenvalue weighted by molar-refractivity contribution is -0.135. The van der Waals surface area contributed by atoms with E-state index in [1.54, 1.807) is 30.1 Å². The molecule has 2 bridgehead atoms. The zero-order chi connectivity index (χ0) is 40.8. The minimum atomic E-state index is -2.88. The molecular weight excluding hydrogens is 767 g/mol. The Balaban J connectivity index is 0.758. The molecule has 0 radical (unpaired) electrons. The predicted molar refractivity (Wildman–Crippen MR) is 210 cm³/mol. The number of aromatic nitrogens is 7. The standard InChI is InChI=1S/C41H44F2N10O6/c1-49-36-25(7-5-8-31(36)53(41(49)57)32-13-14-34(54)47-40(32)56)6-3-2-4-17-58-22-24-9-11-26(12-10-24)52-21-30(35(48-52)37(42)43)45-39(55)29-19-44-51-16-15-33(46-38(29)51)50-20-28-18-27(50)23-59-28/h5,7-8,15-16,19,21,24,26-28,32,37H,2,4,9-14,17-18,20,22-23H2,1H3,(H,45,55)(H,47,54,56)/t24?,26?,27-,28-,32?/m1/s1. The number of nitrogens with one attached hydrogen (secondary N) is 2. The zero-order valence-corrected chi connectivity index (χ0v) is 32.5. The molecule has 9 rings (SSSR count). The van der Waals surface area contributed by atoms with Crippen molar-refractivity contribution < 1.29 is 32.6 Å². The van der Waals surface area contributed by atoms with E-state index in [0.29, 0.717) is 60.8 Å². The van der Waals surface area contributed by atoms with Crippen LogP contribution in [0.3, 0.4) is 0 Å². The van der Waals surface area contributed by atoms with Gasteiger partial charge in [0.1, 0.15) is 17.4 Å². The molecule has 5 aromatic rings. The Labute approximate surface area is 336 Å². The number of ether oxygens (including phenoxy) is 2. The fraction of sp³-hybridized carbons (Fsp3) is 0.488. The van der Waals surface area contributed by atoms with Crippen molar-refractivity contribution in [3.63, 3.8) is 0 Å². The number of unbranched alkanes of at least 4 members (excludes halogenated alkanes) is 1. The highest BCUT2D eigenvalue weighted by molar-refractivity contribution is 6.08. The summed E-state index contributed by atoms with van der Waals surface area (Å²) in [6.07, 6.45) is 7.77. The van der Waals surface area contributed by atoms with Crippen LogP contribution in [0.5, 0.6) is 0 Å². The third kappa shape index (κ3) is 7.48. The lowest BCUT2D eigenvalue weighted by Crippen LogP contribution is -2.44. The molecule has 4 aromatic heterocycles. The minimum Gasteiger partial charge on any atom is -0.381 e. The van der Waals surface area contributed by atoms with Gasteiger partial charge in [-0.3, -0.25) is 33.5 Å². The summed E-state index contributed by atoms with van der Waals surface area (Å²) in [6.45, 7) is 2.48. The summed E-state index contributed by atoms with van der Waals surface area (Å²) in [5.74, 6) is 6.00. The quantitative estimate of drug-likeness (QED) is 0.111. The van der Waals surface area contributed by atoms with Gasteiger partial charge in [-0.05, 0) is 69.1 Å². The Kier molecular flexibility index (Phi) is 10.5. The molecule has 1 aromatic carbocycles. The topological polar surface area (TPSA) is 172 Å². The molecule has 1 saturated carbocycles. The first-order valence-corrected chi connectivity index (χ1v) is 20.1. The molecule has 18 heteroatoms. The number of hydrogen-bond donors (Lipinski definition) is 2. The number of imide groups is 1.